The zero-order chi connectivity index (χ0) is 24.4. The first-order valence-electron chi connectivity index (χ1n) is 10.9. The van der Waals surface area contributed by atoms with E-state index >= 15 is 0 Å². The molecule has 0 fully saturated rings. The summed E-state index contributed by atoms with van der Waals surface area (Å²) in [5.41, 5.74) is 3.99. The second-order valence-corrected chi connectivity index (χ2v) is 10.2. The molecule has 6 nitrogen and oxygen atoms in total. The summed E-state index contributed by atoms with van der Waals surface area (Å²) >= 11 is 11.3. The third kappa shape index (κ3) is 5.15. The van der Waals surface area contributed by atoms with Crippen molar-refractivity contribution >= 4 is 56.8 Å². The largest absolute Gasteiger partial charge is 0.328 e. The number of fused-ring (bicyclic) bond motifs is 1. The van der Waals surface area contributed by atoms with Gasteiger partial charge in [0.05, 0.1) is 5.57 Å². The number of nitrogens with zero attached hydrogens (tertiary/aromatic N) is 3. The summed E-state index contributed by atoms with van der Waals surface area (Å²) in [4.78, 5) is 18.2. The summed E-state index contributed by atoms with van der Waals surface area (Å²) in [7, 11) is 0. The number of carbonyl (C=O) groups excluding carboxylic acids is 1. The molecule has 4 aromatic rings. The Bertz CT molecular complexity index is 1410. The van der Waals surface area contributed by atoms with Gasteiger partial charge in [-0.3, -0.25) is 4.79 Å². The van der Waals surface area contributed by atoms with Crippen LogP contribution in [0.25, 0.3) is 0 Å². The van der Waals surface area contributed by atoms with Crippen LogP contribution in [0.3, 0.4) is 0 Å². The van der Waals surface area contributed by atoms with Crippen molar-refractivity contribution in [3.8, 4) is 0 Å². The molecule has 1 aliphatic heterocycles. The van der Waals surface area contributed by atoms with Crippen LogP contribution in [0.1, 0.15) is 24.1 Å². The van der Waals surface area contributed by atoms with Gasteiger partial charge in [0.25, 0.3) is 5.91 Å². The molecular weight excluding hydrogens is 546 g/mol. The van der Waals surface area contributed by atoms with Crippen LogP contribution in [0, 0.1) is 0 Å². The maximum Gasteiger partial charge on any atom is 0.255 e. The number of hydrogen-bond donors (Lipinski definition) is 2. The molecule has 0 radical (unpaired) electrons. The van der Waals surface area contributed by atoms with Gasteiger partial charge in [-0.2, -0.15) is 4.98 Å². The van der Waals surface area contributed by atoms with Crippen LogP contribution in [0.4, 0.5) is 11.6 Å². The maximum atomic E-state index is 13.5. The molecule has 1 unspecified atom stereocenters. The Morgan fingerprint density at radius 1 is 1.09 bits per heavy atom. The second-order valence-electron chi connectivity index (χ2n) is 7.98. The molecule has 1 atom stereocenters. The highest BCUT2D eigenvalue weighted by Gasteiger charge is 2.34. The molecule has 176 valence electrons. The molecular formula is C26H21BrClN5OS. The Hall–Kier alpha value is -3.07. The van der Waals surface area contributed by atoms with Crippen LogP contribution in [-0.4, -0.2) is 20.7 Å². The van der Waals surface area contributed by atoms with Gasteiger partial charge < -0.3 is 10.6 Å². The number of para-hydroxylation sites is 1. The molecule has 3 aromatic carbocycles. The second kappa shape index (κ2) is 10.3. The fraction of sp³-hybridized carbons (Fsp3) is 0.115. The van der Waals surface area contributed by atoms with Gasteiger partial charge in [-0.05, 0) is 48.4 Å². The highest BCUT2D eigenvalue weighted by molar-refractivity contribution is 9.10. The Morgan fingerprint density at radius 2 is 1.80 bits per heavy atom. The Morgan fingerprint density at radius 3 is 2.54 bits per heavy atom. The van der Waals surface area contributed by atoms with Crippen LogP contribution < -0.4 is 10.6 Å². The van der Waals surface area contributed by atoms with Gasteiger partial charge in [-0.1, -0.05) is 87.8 Å². The van der Waals surface area contributed by atoms with Crippen molar-refractivity contribution in [2.24, 2.45) is 0 Å². The summed E-state index contributed by atoms with van der Waals surface area (Å²) < 4.78 is 2.74. The van der Waals surface area contributed by atoms with E-state index in [4.69, 9.17) is 21.7 Å². The quantitative estimate of drug-likeness (QED) is 0.248. The maximum absolute atomic E-state index is 13.5. The average Bonchev–Trinajstić information content (AvgIpc) is 3.26. The highest BCUT2D eigenvalue weighted by Crippen LogP contribution is 2.37. The third-order valence-corrected chi connectivity index (χ3v) is 7.39. The van der Waals surface area contributed by atoms with Crippen LogP contribution in [-0.2, 0) is 10.5 Å². The predicted octanol–water partition coefficient (Wildman–Crippen LogP) is 6.91. The average molecular weight is 567 g/mol. The number of hydrogen-bond acceptors (Lipinski definition) is 5. The molecule has 35 heavy (non-hydrogen) atoms. The molecule has 0 saturated heterocycles. The zero-order valence-corrected chi connectivity index (χ0v) is 21.9. The molecule has 1 amide bonds. The first-order valence-corrected chi connectivity index (χ1v) is 13.1. The number of allylic oxidation sites excluding steroid dienone is 1. The van der Waals surface area contributed by atoms with E-state index in [-0.39, 0.29) is 5.91 Å². The minimum Gasteiger partial charge on any atom is -0.328 e. The summed E-state index contributed by atoms with van der Waals surface area (Å²) in [5.74, 6) is 1.04. The number of nitrogens with one attached hydrogen (secondary N) is 2. The lowest BCUT2D eigenvalue weighted by Gasteiger charge is -2.28. The minimum absolute atomic E-state index is 0.194. The van der Waals surface area contributed by atoms with Gasteiger partial charge in [0.2, 0.25) is 11.1 Å². The lowest BCUT2D eigenvalue weighted by atomic mass is 9.95. The molecule has 1 aromatic heterocycles. The lowest BCUT2D eigenvalue weighted by molar-refractivity contribution is -0.113. The van der Waals surface area contributed by atoms with Crippen molar-refractivity contribution in [1.82, 2.24) is 14.8 Å². The van der Waals surface area contributed by atoms with Gasteiger partial charge in [0.15, 0.2) is 0 Å². The van der Waals surface area contributed by atoms with Gasteiger partial charge >= 0.3 is 0 Å². The lowest BCUT2D eigenvalue weighted by Crippen LogP contribution is -2.31. The van der Waals surface area contributed by atoms with E-state index in [2.05, 4.69) is 26.6 Å². The van der Waals surface area contributed by atoms with Crippen molar-refractivity contribution in [2.75, 3.05) is 10.6 Å². The molecule has 2 heterocycles. The Kier molecular flexibility index (Phi) is 6.95. The van der Waals surface area contributed by atoms with Crippen molar-refractivity contribution in [3.05, 3.63) is 111 Å². The first kappa shape index (κ1) is 23.7. The number of rotatable bonds is 6. The highest BCUT2D eigenvalue weighted by atomic mass is 79.9. The summed E-state index contributed by atoms with van der Waals surface area (Å²) in [6, 6.07) is 24.6. The number of benzene rings is 3. The normalized spacial score (nSPS) is 14.9. The predicted molar refractivity (Wildman–Crippen MR) is 145 cm³/mol. The summed E-state index contributed by atoms with van der Waals surface area (Å²) in [5, 5.41) is 12.4. The van der Waals surface area contributed by atoms with Crippen molar-refractivity contribution in [2.45, 2.75) is 23.9 Å². The van der Waals surface area contributed by atoms with Gasteiger partial charge in [0.1, 0.15) is 6.04 Å². The fourth-order valence-electron chi connectivity index (χ4n) is 3.92. The van der Waals surface area contributed by atoms with Crippen LogP contribution in [0.2, 0.25) is 5.02 Å². The number of aromatic nitrogens is 3. The van der Waals surface area contributed by atoms with E-state index < -0.39 is 6.04 Å². The van der Waals surface area contributed by atoms with Gasteiger partial charge in [-0.25, -0.2) is 4.68 Å². The van der Waals surface area contributed by atoms with Crippen LogP contribution >= 0.6 is 39.3 Å². The molecule has 0 spiro atoms. The molecule has 1 aliphatic rings. The molecule has 9 heteroatoms. The molecule has 5 rings (SSSR count). The van der Waals surface area contributed by atoms with E-state index in [9.17, 15) is 4.79 Å². The smallest absolute Gasteiger partial charge is 0.255 e. The van der Waals surface area contributed by atoms with Crippen molar-refractivity contribution in [1.29, 1.82) is 0 Å². The summed E-state index contributed by atoms with van der Waals surface area (Å²) in [6.07, 6.45) is 0. The van der Waals surface area contributed by atoms with Crippen molar-refractivity contribution in [3.63, 3.8) is 0 Å². The number of thioether (sulfide) groups is 1. The number of halogens is 2. The molecule has 0 saturated carbocycles. The third-order valence-electron chi connectivity index (χ3n) is 5.61. The summed E-state index contributed by atoms with van der Waals surface area (Å²) in [6.45, 7) is 1.89. The van der Waals surface area contributed by atoms with E-state index in [0.29, 0.717) is 27.5 Å². The van der Waals surface area contributed by atoms with Gasteiger partial charge in [0, 0.05) is 26.6 Å². The van der Waals surface area contributed by atoms with E-state index in [1.54, 1.807) is 4.68 Å². The topological polar surface area (TPSA) is 71.8 Å². The van der Waals surface area contributed by atoms with Gasteiger partial charge in [-0.15, -0.1) is 5.10 Å². The monoisotopic (exact) mass is 565 g/mol. The van der Waals surface area contributed by atoms with E-state index in [0.717, 1.165) is 27.0 Å². The minimum atomic E-state index is -0.440. The first-order chi connectivity index (χ1) is 17.0. The fourth-order valence-corrected chi connectivity index (χ4v) is 5.30. The van der Waals surface area contributed by atoms with Crippen LogP contribution in [0.5, 0.6) is 0 Å². The Labute approximate surface area is 220 Å². The molecule has 2 N–H and O–H groups in total. The van der Waals surface area contributed by atoms with E-state index in [1.807, 2.05) is 85.8 Å². The molecule has 0 aliphatic carbocycles. The Balaban J connectivity index is 1.49. The SMILES string of the molecule is CC1=C(C(=O)Nc2ccccc2)C(c2ccc(Br)cc2)n2nc(SCc3ccccc3Cl)nc2N1. The molecule has 0 bridgehead atoms. The zero-order valence-electron chi connectivity index (χ0n) is 18.7. The number of amides is 1. The standard InChI is InChI=1S/C26H21BrClN5OS/c1-16-22(24(34)30-20-8-3-2-4-9-20)23(17-11-13-19(27)14-12-17)33-25(29-16)31-26(32-33)35-15-18-7-5-6-10-21(18)28/h2-14,23H,15H2,1H3,(H,30,34)(H,29,31,32). The van der Waals surface area contributed by atoms with E-state index in [1.165, 1.54) is 11.8 Å². The number of anilines is 2. The van der Waals surface area contributed by atoms with Crippen molar-refractivity contribution < 1.29 is 4.79 Å². The van der Waals surface area contributed by atoms with Crippen LogP contribution in [0.15, 0.2) is 99.8 Å². The number of carbonyl (C=O) groups is 1.